The van der Waals surface area contributed by atoms with Crippen molar-refractivity contribution in [1.29, 1.82) is 0 Å². The average molecular weight is 490 g/mol. The van der Waals surface area contributed by atoms with Crippen LogP contribution in [-0.2, 0) is 17.7 Å². The number of amides is 1. The first-order valence-corrected chi connectivity index (χ1v) is 11.3. The number of carbonyl (C=O) groups is 2. The predicted molar refractivity (Wildman–Crippen MR) is 134 cm³/mol. The number of pyridine rings is 3. The average Bonchev–Trinajstić information content (AvgIpc) is 2.82. The zero-order chi connectivity index (χ0) is 25.1. The molecule has 3 N–H and O–H groups in total. The zero-order valence-corrected chi connectivity index (χ0v) is 20.3. The molecule has 0 spiro atoms. The van der Waals surface area contributed by atoms with Crippen molar-refractivity contribution >= 4 is 40.2 Å². The highest BCUT2D eigenvalue weighted by molar-refractivity contribution is 6.31. The molecule has 0 aliphatic rings. The number of nitrogens with one attached hydrogen (secondary N) is 1. The maximum absolute atomic E-state index is 13.0. The van der Waals surface area contributed by atoms with Crippen LogP contribution in [0.25, 0.3) is 10.9 Å². The number of nitrogens with zero attached hydrogens (tertiary/aromatic N) is 3. The van der Waals surface area contributed by atoms with E-state index in [1.165, 1.54) is 13.2 Å². The second-order valence-electron chi connectivity index (χ2n) is 8.19. The molecule has 1 aromatic carbocycles. The van der Waals surface area contributed by atoms with Crippen molar-refractivity contribution in [3.8, 4) is 0 Å². The van der Waals surface area contributed by atoms with Gasteiger partial charge in [-0.2, -0.15) is 0 Å². The molecule has 0 saturated carbocycles. The van der Waals surface area contributed by atoms with Gasteiger partial charge in [0.2, 0.25) is 0 Å². The molecule has 4 rings (SSSR count). The molecule has 9 heteroatoms. The number of fused-ring (bicyclic) bond motifs is 1. The Kier molecular flexibility index (Phi) is 6.93. The van der Waals surface area contributed by atoms with Gasteiger partial charge < -0.3 is 15.8 Å². The van der Waals surface area contributed by atoms with Gasteiger partial charge in [-0.05, 0) is 66.9 Å². The molecule has 35 heavy (non-hydrogen) atoms. The number of nitrogen functional groups attached to an aromatic ring is 1. The lowest BCUT2D eigenvalue weighted by atomic mass is 10.0. The summed E-state index contributed by atoms with van der Waals surface area (Å²) in [5.74, 6) is -0.531. The van der Waals surface area contributed by atoms with Gasteiger partial charge in [0.1, 0.15) is 11.5 Å². The molecule has 8 nitrogen and oxygen atoms in total. The first kappa shape index (κ1) is 24.1. The van der Waals surface area contributed by atoms with E-state index in [-0.39, 0.29) is 18.1 Å². The third-order valence-electron chi connectivity index (χ3n) is 5.63. The van der Waals surface area contributed by atoms with E-state index in [1.807, 2.05) is 38.1 Å². The molecule has 0 bridgehead atoms. The number of esters is 1. The summed E-state index contributed by atoms with van der Waals surface area (Å²) < 4.78 is 4.84. The highest BCUT2D eigenvalue weighted by Crippen LogP contribution is 2.21. The molecule has 0 atom stereocenters. The minimum atomic E-state index is -0.621. The fourth-order valence-corrected chi connectivity index (χ4v) is 4.08. The van der Waals surface area contributed by atoms with Crippen molar-refractivity contribution < 1.29 is 14.3 Å². The van der Waals surface area contributed by atoms with Gasteiger partial charge in [0, 0.05) is 41.5 Å². The Morgan fingerprint density at radius 3 is 2.63 bits per heavy atom. The lowest BCUT2D eigenvalue weighted by Gasteiger charge is -2.13. The number of aromatic nitrogens is 3. The van der Waals surface area contributed by atoms with E-state index in [0.717, 1.165) is 33.3 Å². The van der Waals surface area contributed by atoms with Gasteiger partial charge in [-0.1, -0.05) is 17.7 Å². The van der Waals surface area contributed by atoms with Crippen molar-refractivity contribution in [3.05, 3.63) is 93.0 Å². The smallest absolute Gasteiger partial charge is 0.356 e. The third-order valence-corrected chi connectivity index (χ3v) is 5.84. The summed E-state index contributed by atoms with van der Waals surface area (Å²) in [4.78, 5) is 38.3. The topological polar surface area (TPSA) is 120 Å². The van der Waals surface area contributed by atoms with Crippen LogP contribution in [0, 0.1) is 13.8 Å². The van der Waals surface area contributed by atoms with Gasteiger partial charge in [0.05, 0.1) is 17.6 Å². The van der Waals surface area contributed by atoms with Crippen LogP contribution in [-0.4, -0.2) is 33.9 Å². The van der Waals surface area contributed by atoms with Crippen LogP contribution in [0.3, 0.4) is 0 Å². The van der Waals surface area contributed by atoms with Gasteiger partial charge in [0.15, 0.2) is 0 Å². The lowest BCUT2D eigenvalue weighted by molar-refractivity contribution is 0.0593. The number of anilines is 1. The predicted octanol–water partition coefficient (Wildman–Crippen LogP) is 4.18. The van der Waals surface area contributed by atoms with Crippen molar-refractivity contribution in [2.24, 2.45) is 0 Å². The summed E-state index contributed by atoms with van der Waals surface area (Å²) in [5.41, 5.74) is 11.0. The van der Waals surface area contributed by atoms with E-state index in [2.05, 4.69) is 20.3 Å². The minimum Gasteiger partial charge on any atom is -0.464 e. The Hall–Kier alpha value is -4.04. The summed E-state index contributed by atoms with van der Waals surface area (Å²) in [6.45, 7) is 4.03. The highest BCUT2D eigenvalue weighted by Gasteiger charge is 2.16. The van der Waals surface area contributed by atoms with Gasteiger partial charge in [-0.15, -0.1) is 0 Å². The number of methoxy groups -OCH3 is 1. The molecule has 0 aliphatic carbocycles. The largest absolute Gasteiger partial charge is 0.464 e. The fourth-order valence-electron chi connectivity index (χ4n) is 3.92. The van der Waals surface area contributed by atoms with Crippen molar-refractivity contribution in [1.82, 2.24) is 20.3 Å². The van der Waals surface area contributed by atoms with E-state index in [0.29, 0.717) is 28.5 Å². The molecule has 0 unspecified atom stereocenters. The highest BCUT2D eigenvalue weighted by atomic mass is 35.5. The molecule has 4 aromatic rings. The summed E-state index contributed by atoms with van der Waals surface area (Å²) in [6.07, 6.45) is 1.99. The minimum absolute atomic E-state index is 0.0576. The van der Waals surface area contributed by atoms with E-state index >= 15 is 0 Å². The first-order valence-electron chi connectivity index (χ1n) is 10.9. The van der Waals surface area contributed by atoms with Crippen LogP contribution >= 0.6 is 11.6 Å². The van der Waals surface area contributed by atoms with E-state index in [4.69, 9.17) is 22.1 Å². The molecule has 0 aliphatic heterocycles. The maximum atomic E-state index is 13.0. The van der Waals surface area contributed by atoms with Crippen LogP contribution in [0.15, 0.2) is 48.7 Å². The molecule has 3 aromatic heterocycles. The third kappa shape index (κ3) is 5.55. The normalized spacial score (nSPS) is 10.9. The Labute approximate surface area is 207 Å². The summed E-state index contributed by atoms with van der Waals surface area (Å²) in [5, 5.41) is 4.33. The first-order chi connectivity index (χ1) is 16.7. The molecular weight excluding hydrogens is 466 g/mol. The van der Waals surface area contributed by atoms with Crippen LogP contribution in [0.4, 0.5) is 5.82 Å². The molecule has 178 valence electrons. The Balaban J connectivity index is 1.61. The van der Waals surface area contributed by atoms with Gasteiger partial charge in [-0.3, -0.25) is 9.78 Å². The van der Waals surface area contributed by atoms with Crippen molar-refractivity contribution in [2.75, 3.05) is 12.8 Å². The van der Waals surface area contributed by atoms with Crippen LogP contribution in [0.1, 0.15) is 48.9 Å². The number of ether oxygens (including phenoxy) is 1. The number of hydrogen-bond acceptors (Lipinski definition) is 7. The number of benzene rings is 1. The molecule has 0 radical (unpaired) electrons. The van der Waals surface area contributed by atoms with Crippen LogP contribution in [0.5, 0.6) is 0 Å². The molecule has 1 amide bonds. The van der Waals surface area contributed by atoms with Gasteiger partial charge in [-0.25, -0.2) is 14.8 Å². The Morgan fingerprint density at radius 2 is 1.89 bits per heavy atom. The molecule has 0 saturated heterocycles. The number of aryl methyl sites for hydroxylation is 2. The number of nitrogens with two attached hydrogens (primary N) is 1. The summed E-state index contributed by atoms with van der Waals surface area (Å²) in [6, 6.07) is 12.5. The Morgan fingerprint density at radius 1 is 1.09 bits per heavy atom. The molecule has 0 fully saturated rings. The SMILES string of the molecule is COC(=O)c1cc(C(=O)NCc2c(C)cc(N)nc2C)cc(Cc2ccc3ncc(Cl)cc3c2)n1. The van der Waals surface area contributed by atoms with Crippen LogP contribution in [0.2, 0.25) is 5.02 Å². The van der Waals surface area contributed by atoms with Gasteiger partial charge >= 0.3 is 5.97 Å². The van der Waals surface area contributed by atoms with E-state index in [9.17, 15) is 9.59 Å². The molecule has 3 heterocycles. The maximum Gasteiger partial charge on any atom is 0.356 e. The van der Waals surface area contributed by atoms with Crippen molar-refractivity contribution in [2.45, 2.75) is 26.8 Å². The van der Waals surface area contributed by atoms with Gasteiger partial charge in [0.25, 0.3) is 5.91 Å². The molecular formula is C26H24ClN5O3. The second kappa shape index (κ2) is 10.1. The fraction of sp³-hybridized carbons (Fsp3) is 0.192. The summed E-state index contributed by atoms with van der Waals surface area (Å²) >= 11 is 6.08. The quantitative estimate of drug-likeness (QED) is 0.390. The number of halogens is 1. The second-order valence-corrected chi connectivity index (χ2v) is 8.63. The van der Waals surface area contributed by atoms with E-state index in [1.54, 1.807) is 18.3 Å². The lowest BCUT2D eigenvalue weighted by Crippen LogP contribution is -2.25. The standard InChI is InChI=1S/C26H24ClN5O3/c1-14-6-24(28)31-15(2)21(14)13-30-25(33)18-10-20(32-23(11-18)26(34)35-3)8-16-4-5-22-17(7-16)9-19(27)12-29-22/h4-7,9-12H,8,13H2,1-3H3,(H2,28,31)(H,30,33). The van der Waals surface area contributed by atoms with Crippen LogP contribution < -0.4 is 11.1 Å². The number of carbonyl (C=O) groups excluding carboxylic acids is 2. The Bertz CT molecular complexity index is 1430. The monoisotopic (exact) mass is 489 g/mol. The van der Waals surface area contributed by atoms with Crippen molar-refractivity contribution in [3.63, 3.8) is 0 Å². The number of hydrogen-bond donors (Lipinski definition) is 2. The summed E-state index contributed by atoms with van der Waals surface area (Å²) in [7, 11) is 1.27. The van der Waals surface area contributed by atoms with E-state index < -0.39 is 5.97 Å². The zero-order valence-electron chi connectivity index (χ0n) is 19.6. The number of rotatable bonds is 6.